The topological polar surface area (TPSA) is 47.7 Å². The molecule has 2 aromatic rings. The molecule has 0 amide bonds. The number of hydrogen-bond acceptors (Lipinski definition) is 3. The Balaban J connectivity index is 2.16. The first-order valence-corrected chi connectivity index (χ1v) is 6.09. The van der Waals surface area contributed by atoms with Crippen molar-refractivity contribution in [3.8, 4) is 5.82 Å². The van der Waals surface area contributed by atoms with Crippen molar-refractivity contribution in [2.24, 2.45) is 7.05 Å². The quantitative estimate of drug-likeness (QED) is 0.832. The molecule has 0 atom stereocenters. The third-order valence-electron chi connectivity index (χ3n) is 3.20. The number of aromatic nitrogens is 4. The van der Waals surface area contributed by atoms with Gasteiger partial charge >= 0.3 is 0 Å². The predicted molar refractivity (Wildman–Crippen MR) is 65.1 cm³/mol. The highest BCUT2D eigenvalue weighted by Crippen LogP contribution is 2.20. The van der Waals surface area contributed by atoms with E-state index in [2.05, 4.69) is 21.9 Å². The fourth-order valence-corrected chi connectivity index (χ4v) is 2.40. The Labute approximate surface area is 100 Å². The van der Waals surface area contributed by atoms with Gasteiger partial charge in [0.1, 0.15) is 5.82 Å². The Bertz CT molecular complexity index is 537. The van der Waals surface area contributed by atoms with Gasteiger partial charge in [0, 0.05) is 45.2 Å². The van der Waals surface area contributed by atoms with E-state index in [1.807, 2.05) is 24.0 Å². The summed E-state index contributed by atoms with van der Waals surface area (Å²) in [7, 11) is 1.94. The second-order valence-corrected chi connectivity index (χ2v) is 4.38. The van der Waals surface area contributed by atoms with Crippen LogP contribution in [0.4, 0.5) is 0 Å². The Morgan fingerprint density at radius 2 is 2.35 bits per heavy atom. The van der Waals surface area contributed by atoms with Gasteiger partial charge in [-0.15, -0.1) is 0 Å². The highest BCUT2D eigenvalue weighted by atomic mass is 15.3. The zero-order valence-corrected chi connectivity index (χ0v) is 10.3. The van der Waals surface area contributed by atoms with E-state index in [1.54, 1.807) is 0 Å². The van der Waals surface area contributed by atoms with Crippen LogP contribution in [-0.4, -0.2) is 25.9 Å². The number of nitrogens with zero attached hydrogens (tertiary/aromatic N) is 4. The molecule has 0 fully saturated rings. The van der Waals surface area contributed by atoms with E-state index in [-0.39, 0.29) is 0 Å². The average molecular weight is 231 g/mol. The molecule has 5 nitrogen and oxygen atoms in total. The first-order valence-electron chi connectivity index (χ1n) is 6.09. The van der Waals surface area contributed by atoms with Crippen molar-refractivity contribution in [3.05, 3.63) is 29.5 Å². The van der Waals surface area contributed by atoms with Crippen LogP contribution in [-0.2, 0) is 26.4 Å². The number of fused-ring (bicyclic) bond motifs is 1. The van der Waals surface area contributed by atoms with E-state index in [9.17, 15) is 0 Å². The normalized spacial score (nSPS) is 14.9. The van der Waals surface area contributed by atoms with Crippen LogP contribution in [0.3, 0.4) is 0 Å². The maximum atomic E-state index is 4.71. The van der Waals surface area contributed by atoms with Crippen LogP contribution in [0.25, 0.3) is 5.82 Å². The van der Waals surface area contributed by atoms with Crippen molar-refractivity contribution in [2.75, 3.05) is 6.54 Å². The van der Waals surface area contributed by atoms with Crippen molar-refractivity contribution in [1.29, 1.82) is 0 Å². The minimum atomic E-state index is 0.877. The molecule has 2 aromatic heterocycles. The van der Waals surface area contributed by atoms with E-state index < -0.39 is 0 Å². The molecule has 1 aliphatic heterocycles. The number of nitrogens with one attached hydrogen (secondary N) is 1. The van der Waals surface area contributed by atoms with E-state index in [4.69, 9.17) is 4.98 Å². The molecule has 90 valence electrons. The maximum absolute atomic E-state index is 4.71. The molecule has 0 aliphatic carbocycles. The van der Waals surface area contributed by atoms with Crippen LogP contribution in [0.2, 0.25) is 0 Å². The minimum Gasteiger partial charge on any atom is -0.311 e. The van der Waals surface area contributed by atoms with Crippen LogP contribution in [0.15, 0.2) is 12.3 Å². The predicted octanol–water partition coefficient (Wildman–Crippen LogP) is 0.814. The molecule has 17 heavy (non-hydrogen) atoms. The summed E-state index contributed by atoms with van der Waals surface area (Å²) in [5, 5.41) is 7.85. The van der Waals surface area contributed by atoms with Crippen LogP contribution in [0, 0.1) is 0 Å². The largest absolute Gasteiger partial charge is 0.311 e. The molecule has 0 aromatic carbocycles. The SMILES string of the molecule is CCc1nc2c(n1-c1ccn(C)n1)CCNC2. The van der Waals surface area contributed by atoms with Crippen LogP contribution < -0.4 is 5.32 Å². The van der Waals surface area contributed by atoms with Gasteiger partial charge in [-0.25, -0.2) is 4.98 Å². The van der Waals surface area contributed by atoms with Gasteiger partial charge in [0.15, 0.2) is 5.82 Å². The fourth-order valence-electron chi connectivity index (χ4n) is 2.40. The van der Waals surface area contributed by atoms with Crippen LogP contribution in [0.5, 0.6) is 0 Å². The molecule has 0 unspecified atom stereocenters. The summed E-state index contributed by atoms with van der Waals surface area (Å²) in [6.07, 6.45) is 3.94. The summed E-state index contributed by atoms with van der Waals surface area (Å²) in [5.41, 5.74) is 2.50. The van der Waals surface area contributed by atoms with Gasteiger partial charge in [-0.2, -0.15) is 5.10 Å². The maximum Gasteiger partial charge on any atom is 0.160 e. The Morgan fingerprint density at radius 1 is 1.47 bits per heavy atom. The van der Waals surface area contributed by atoms with Gasteiger partial charge < -0.3 is 5.32 Å². The van der Waals surface area contributed by atoms with Crippen LogP contribution in [0.1, 0.15) is 24.1 Å². The van der Waals surface area contributed by atoms with Crippen molar-refractivity contribution < 1.29 is 0 Å². The lowest BCUT2D eigenvalue weighted by Gasteiger charge is -2.14. The molecule has 1 N–H and O–H groups in total. The molecule has 3 heterocycles. The van der Waals surface area contributed by atoms with E-state index in [0.29, 0.717) is 0 Å². The number of imidazole rings is 1. The Kier molecular flexibility index (Phi) is 2.48. The van der Waals surface area contributed by atoms with Crippen molar-refractivity contribution >= 4 is 0 Å². The van der Waals surface area contributed by atoms with Crippen molar-refractivity contribution in [1.82, 2.24) is 24.6 Å². The number of aryl methyl sites for hydroxylation is 2. The van der Waals surface area contributed by atoms with Gasteiger partial charge in [-0.05, 0) is 0 Å². The molecule has 3 rings (SSSR count). The lowest BCUT2D eigenvalue weighted by Crippen LogP contribution is -2.24. The first kappa shape index (κ1) is 10.5. The second-order valence-electron chi connectivity index (χ2n) is 4.38. The fraction of sp³-hybridized carbons (Fsp3) is 0.500. The highest BCUT2D eigenvalue weighted by molar-refractivity contribution is 5.32. The summed E-state index contributed by atoms with van der Waals surface area (Å²) in [6.45, 7) is 4.04. The minimum absolute atomic E-state index is 0.877. The van der Waals surface area contributed by atoms with Gasteiger partial charge in [-0.3, -0.25) is 9.25 Å². The second kappa shape index (κ2) is 4.00. The zero-order chi connectivity index (χ0) is 11.8. The molecular weight excluding hydrogens is 214 g/mol. The smallest absolute Gasteiger partial charge is 0.160 e. The monoisotopic (exact) mass is 231 g/mol. The molecule has 0 spiro atoms. The molecule has 0 radical (unpaired) electrons. The first-order chi connectivity index (χ1) is 8.29. The molecular formula is C12H17N5. The van der Waals surface area contributed by atoms with Gasteiger partial charge in [0.05, 0.1) is 11.4 Å². The molecule has 5 heteroatoms. The summed E-state index contributed by atoms with van der Waals surface area (Å²) >= 11 is 0. The van der Waals surface area contributed by atoms with Gasteiger partial charge in [0.25, 0.3) is 0 Å². The summed E-state index contributed by atoms with van der Waals surface area (Å²) in [5.74, 6) is 2.09. The highest BCUT2D eigenvalue weighted by Gasteiger charge is 2.20. The third-order valence-corrected chi connectivity index (χ3v) is 3.20. The molecule has 0 bridgehead atoms. The van der Waals surface area contributed by atoms with Gasteiger partial charge in [0.2, 0.25) is 0 Å². The Hall–Kier alpha value is -1.62. The lowest BCUT2D eigenvalue weighted by molar-refractivity contribution is 0.617. The van der Waals surface area contributed by atoms with E-state index in [1.165, 1.54) is 11.4 Å². The van der Waals surface area contributed by atoms with Crippen molar-refractivity contribution in [2.45, 2.75) is 26.3 Å². The third kappa shape index (κ3) is 1.67. The summed E-state index contributed by atoms with van der Waals surface area (Å²) < 4.78 is 4.05. The standard InChI is InChI=1S/C12H17N5/c1-3-11-14-9-8-13-6-4-10(9)17(11)12-5-7-16(2)15-12/h5,7,13H,3-4,6,8H2,1-2H3. The van der Waals surface area contributed by atoms with Gasteiger partial charge in [-0.1, -0.05) is 6.92 Å². The molecule has 0 saturated heterocycles. The van der Waals surface area contributed by atoms with Crippen LogP contribution >= 0.6 is 0 Å². The number of hydrogen-bond donors (Lipinski definition) is 1. The molecule has 1 aliphatic rings. The lowest BCUT2D eigenvalue weighted by atomic mass is 10.2. The summed E-state index contributed by atoms with van der Waals surface area (Å²) in [6, 6.07) is 2.04. The van der Waals surface area contributed by atoms with E-state index >= 15 is 0 Å². The average Bonchev–Trinajstić information content (AvgIpc) is 2.91. The van der Waals surface area contributed by atoms with Crippen molar-refractivity contribution in [3.63, 3.8) is 0 Å². The Morgan fingerprint density at radius 3 is 3.06 bits per heavy atom. The molecule has 0 saturated carbocycles. The number of rotatable bonds is 2. The zero-order valence-electron chi connectivity index (χ0n) is 10.3. The van der Waals surface area contributed by atoms with E-state index in [0.717, 1.165) is 37.6 Å². The summed E-state index contributed by atoms with van der Waals surface area (Å²) in [4.78, 5) is 4.71.